The van der Waals surface area contributed by atoms with Gasteiger partial charge in [-0.05, 0) is 18.2 Å². The third-order valence-corrected chi connectivity index (χ3v) is 5.89. The fourth-order valence-corrected chi connectivity index (χ4v) is 4.34. The smallest absolute Gasteiger partial charge is 0.277 e. The number of Topliss-reactive ketones (excluding diaryl/α,β-unsaturated/α-hetero) is 1. The monoisotopic (exact) mass is 428 g/mol. The number of anilines is 1. The Labute approximate surface area is 184 Å². The first kappa shape index (κ1) is 19.8. The number of amides is 1. The molecule has 7 nitrogen and oxygen atoms in total. The van der Waals surface area contributed by atoms with E-state index >= 15 is 0 Å². The predicted octanol–water partition coefficient (Wildman–Crippen LogP) is 3.78. The van der Waals surface area contributed by atoms with Crippen molar-refractivity contribution in [2.45, 2.75) is 5.60 Å². The van der Waals surface area contributed by atoms with Gasteiger partial charge in [0.25, 0.3) is 11.5 Å². The van der Waals surface area contributed by atoms with E-state index in [4.69, 9.17) is 14.3 Å². The van der Waals surface area contributed by atoms with Crippen LogP contribution in [-0.2, 0) is 15.2 Å². The van der Waals surface area contributed by atoms with Gasteiger partial charge in [0, 0.05) is 28.4 Å². The zero-order chi connectivity index (χ0) is 22.3. The number of carbonyl (C=O) groups is 2. The van der Waals surface area contributed by atoms with Gasteiger partial charge in [0.05, 0.1) is 14.2 Å². The Kier molecular flexibility index (Phi) is 4.66. The Morgan fingerprint density at radius 1 is 1.00 bits per heavy atom. The summed E-state index contributed by atoms with van der Waals surface area (Å²) in [5.41, 5.74) is 0.901. The third-order valence-electron chi connectivity index (χ3n) is 5.89. The minimum Gasteiger partial charge on any atom is -0.497 e. The molecule has 1 amide bonds. The molecule has 0 radical (unpaired) electrons. The van der Waals surface area contributed by atoms with Gasteiger partial charge >= 0.3 is 0 Å². The number of oxime groups is 1. The van der Waals surface area contributed by atoms with Crippen molar-refractivity contribution in [3.05, 3.63) is 89.5 Å². The molecule has 160 valence electrons. The molecule has 1 N–H and O–H groups in total. The maximum atomic E-state index is 13.9. The number of ether oxygens (including phenoxy) is 2. The number of nitrogens with zero attached hydrogens (tertiary/aromatic N) is 1. The van der Waals surface area contributed by atoms with E-state index in [1.165, 1.54) is 7.11 Å². The Bertz CT molecular complexity index is 1250. The quantitative estimate of drug-likeness (QED) is 0.625. The molecule has 0 saturated heterocycles. The molecular formula is C25H20N2O5. The lowest BCUT2D eigenvalue weighted by atomic mass is 9.74. The molecule has 2 heterocycles. The van der Waals surface area contributed by atoms with Gasteiger partial charge in [0.15, 0.2) is 5.78 Å². The van der Waals surface area contributed by atoms with Gasteiger partial charge in [0.2, 0.25) is 0 Å². The molecule has 0 fully saturated rings. The van der Waals surface area contributed by atoms with Gasteiger partial charge in [-0.25, -0.2) is 0 Å². The molecular weight excluding hydrogens is 408 g/mol. The first-order valence-electron chi connectivity index (χ1n) is 10.1. The van der Waals surface area contributed by atoms with E-state index in [2.05, 4.69) is 10.5 Å². The van der Waals surface area contributed by atoms with E-state index in [0.717, 1.165) is 0 Å². The molecule has 2 unspecified atom stereocenters. The van der Waals surface area contributed by atoms with Gasteiger partial charge in [-0.15, -0.1) is 0 Å². The average molecular weight is 428 g/mol. The minimum absolute atomic E-state index is 0.272. The van der Waals surface area contributed by atoms with Crippen LogP contribution in [0.3, 0.4) is 0 Å². The second-order valence-corrected chi connectivity index (χ2v) is 7.53. The van der Waals surface area contributed by atoms with Crippen molar-refractivity contribution in [1.29, 1.82) is 0 Å². The second kappa shape index (κ2) is 7.53. The van der Waals surface area contributed by atoms with E-state index in [0.29, 0.717) is 39.6 Å². The van der Waals surface area contributed by atoms with Crippen molar-refractivity contribution < 1.29 is 23.9 Å². The first-order valence-corrected chi connectivity index (χ1v) is 10.1. The van der Waals surface area contributed by atoms with Crippen LogP contribution >= 0.6 is 0 Å². The van der Waals surface area contributed by atoms with E-state index in [9.17, 15) is 9.59 Å². The Balaban J connectivity index is 1.71. The summed E-state index contributed by atoms with van der Waals surface area (Å²) in [6.45, 7) is 0. The van der Waals surface area contributed by atoms with Crippen LogP contribution < -0.4 is 14.8 Å². The minimum atomic E-state index is -1.61. The molecule has 2 aliphatic rings. The van der Waals surface area contributed by atoms with Crippen LogP contribution in [0.15, 0.2) is 78.0 Å². The van der Waals surface area contributed by atoms with E-state index in [1.807, 2.05) is 12.1 Å². The zero-order valence-electron chi connectivity index (χ0n) is 17.5. The summed E-state index contributed by atoms with van der Waals surface area (Å²) < 4.78 is 10.8. The molecule has 0 aliphatic carbocycles. The fourth-order valence-electron chi connectivity index (χ4n) is 4.34. The largest absolute Gasteiger partial charge is 0.497 e. The normalized spacial score (nSPS) is 20.9. The van der Waals surface area contributed by atoms with Gasteiger partial charge < -0.3 is 19.6 Å². The summed E-state index contributed by atoms with van der Waals surface area (Å²) in [7, 11) is 3.08. The average Bonchev–Trinajstić information content (AvgIpc) is 3.37. The van der Waals surface area contributed by atoms with Gasteiger partial charge in [0.1, 0.15) is 23.1 Å². The highest BCUT2D eigenvalue weighted by atomic mass is 16.7. The summed E-state index contributed by atoms with van der Waals surface area (Å²) in [5, 5.41) is 7.14. The number of methoxy groups -OCH3 is 2. The van der Waals surface area contributed by atoms with Gasteiger partial charge in [-0.2, -0.15) is 0 Å². The van der Waals surface area contributed by atoms with Crippen molar-refractivity contribution in [2.75, 3.05) is 19.5 Å². The number of hydrogen-bond acceptors (Lipinski definition) is 6. The molecule has 7 heteroatoms. The molecule has 0 aromatic heterocycles. The topological polar surface area (TPSA) is 86.2 Å². The third kappa shape index (κ3) is 2.78. The van der Waals surface area contributed by atoms with Crippen LogP contribution in [0, 0.1) is 5.92 Å². The Hall–Kier alpha value is -4.13. The number of nitrogens with one attached hydrogen (secondary N) is 1. The second-order valence-electron chi connectivity index (χ2n) is 7.53. The number of fused-ring (bicyclic) bond motifs is 2. The predicted molar refractivity (Wildman–Crippen MR) is 118 cm³/mol. The van der Waals surface area contributed by atoms with Crippen molar-refractivity contribution in [2.24, 2.45) is 11.1 Å². The number of carbonyl (C=O) groups excluding carboxylic acids is 2. The highest BCUT2D eigenvalue weighted by Crippen LogP contribution is 2.50. The molecule has 0 bridgehead atoms. The molecule has 1 spiro atoms. The SMILES string of the molecule is COc1ccc(C2=NOC3(C(=O)Nc4ccccc43)C2C(=O)c2ccccc2)c(OC)c1. The summed E-state index contributed by atoms with van der Waals surface area (Å²) in [6.07, 6.45) is 0. The van der Waals surface area contributed by atoms with Crippen LogP contribution in [0.4, 0.5) is 5.69 Å². The van der Waals surface area contributed by atoms with E-state index < -0.39 is 17.4 Å². The van der Waals surface area contributed by atoms with Crippen molar-refractivity contribution in [3.8, 4) is 11.5 Å². The van der Waals surface area contributed by atoms with Crippen molar-refractivity contribution in [1.82, 2.24) is 0 Å². The van der Waals surface area contributed by atoms with Crippen molar-refractivity contribution >= 4 is 23.1 Å². The van der Waals surface area contributed by atoms with Crippen LogP contribution in [0.2, 0.25) is 0 Å². The van der Waals surface area contributed by atoms with Crippen LogP contribution in [-0.4, -0.2) is 31.6 Å². The highest BCUT2D eigenvalue weighted by Gasteiger charge is 2.63. The lowest BCUT2D eigenvalue weighted by Gasteiger charge is -2.27. The summed E-state index contributed by atoms with van der Waals surface area (Å²) in [4.78, 5) is 33.1. The lowest BCUT2D eigenvalue weighted by Crippen LogP contribution is -2.46. The Morgan fingerprint density at radius 3 is 2.50 bits per heavy atom. The summed E-state index contributed by atoms with van der Waals surface area (Å²) >= 11 is 0. The molecule has 0 saturated carbocycles. The van der Waals surface area contributed by atoms with Crippen LogP contribution in [0.5, 0.6) is 11.5 Å². The first-order chi connectivity index (χ1) is 15.6. The standard InChI is InChI=1S/C25H20N2O5/c1-30-16-12-13-17(20(14-16)31-2)22-21(23(28)15-8-4-3-5-9-15)25(32-27-22)18-10-6-7-11-19(18)26-24(25)29/h3-14,21H,1-2H3,(H,26,29). The van der Waals surface area contributed by atoms with E-state index in [-0.39, 0.29) is 5.78 Å². The molecule has 5 rings (SSSR count). The van der Waals surface area contributed by atoms with Crippen molar-refractivity contribution in [3.63, 3.8) is 0 Å². The molecule has 32 heavy (non-hydrogen) atoms. The lowest BCUT2D eigenvalue weighted by molar-refractivity contribution is -0.140. The Morgan fingerprint density at radius 2 is 1.75 bits per heavy atom. The summed E-state index contributed by atoms with van der Waals surface area (Å²) in [6, 6.07) is 21.2. The summed E-state index contributed by atoms with van der Waals surface area (Å²) in [5.74, 6) is -0.669. The molecule has 3 aromatic carbocycles. The van der Waals surface area contributed by atoms with Crippen LogP contribution in [0.1, 0.15) is 21.5 Å². The molecule has 2 aliphatic heterocycles. The maximum Gasteiger partial charge on any atom is 0.277 e. The molecule has 3 aromatic rings. The number of hydrogen-bond donors (Lipinski definition) is 1. The molecule has 2 atom stereocenters. The zero-order valence-corrected chi connectivity index (χ0v) is 17.5. The number of benzene rings is 3. The fraction of sp³-hybridized carbons (Fsp3) is 0.160. The van der Waals surface area contributed by atoms with Gasteiger partial charge in [-0.3, -0.25) is 9.59 Å². The van der Waals surface area contributed by atoms with Crippen LogP contribution in [0.25, 0.3) is 0 Å². The highest BCUT2D eigenvalue weighted by molar-refractivity contribution is 6.25. The maximum absolute atomic E-state index is 13.9. The van der Waals surface area contributed by atoms with Gasteiger partial charge in [-0.1, -0.05) is 53.7 Å². The number of rotatable bonds is 5. The van der Waals surface area contributed by atoms with E-state index in [1.54, 1.807) is 67.8 Å². The number of ketones is 1. The number of para-hydroxylation sites is 1.